The maximum absolute atomic E-state index is 5.89. The van der Waals surface area contributed by atoms with Crippen molar-refractivity contribution < 1.29 is 0 Å². The molecule has 0 unspecified atom stereocenters. The molecule has 3 fully saturated rings. The van der Waals surface area contributed by atoms with E-state index in [1.807, 2.05) is 30.5 Å². The van der Waals surface area contributed by atoms with Crippen LogP contribution in [0.25, 0.3) is 16.9 Å². The number of anilines is 2. The molecule has 3 aliphatic carbocycles. The molecule has 6 heteroatoms. The highest BCUT2D eigenvalue weighted by Crippen LogP contribution is 2.58. The van der Waals surface area contributed by atoms with Crippen molar-refractivity contribution in [3.63, 3.8) is 0 Å². The van der Waals surface area contributed by atoms with Gasteiger partial charge in [-0.05, 0) is 37.3 Å². The Morgan fingerprint density at radius 3 is 2.86 bits per heavy atom. The lowest BCUT2D eigenvalue weighted by atomic mass is 9.50. The number of hydrogen-bond donors (Lipinski definition) is 2. The summed E-state index contributed by atoms with van der Waals surface area (Å²) in [7, 11) is 0. The van der Waals surface area contributed by atoms with E-state index in [0.717, 1.165) is 34.3 Å². The quantitative estimate of drug-likeness (QED) is 0.724. The first-order valence-electron chi connectivity index (χ1n) is 7.55. The zero-order valence-corrected chi connectivity index (χ0v) is 12.0. The molecule has 0 saturated heterocycles. The van der Waals surface area contributed by atoms with Crippen molar-refractivity contribution >= 4 is 17.2 Å². The number of nitrogen functional groups attached to an aromatic ring is 1. The highest BCUT2D eigenvalue weighted by molar-refractivity contribution is 5.71. The molecule has 2 heterocycles. The molecule has 3 saturated carbocycles. The van der Waals surface area contributed by atoms with Crippen molar-refractivity contribution in [2.45, 2.75) is 24.8 Å². The van der Waals surface area contributed by atoms with Gasteiger partial charge in [0.15, 0.2) is 11.5 Å². The molecule has 3 N–H and O–H groups in total. The van der Waals surface area contributed by atoms with Crippen molar-refractivity contribution in [2.24, 2.45) is 5.92 Å². The fourth-order valence-corrected chi connectivity index (χ4v) is 3.63. The zero-order valence-electron chi connectivity index (χ0n) is 12.0. The normalized spacial score (nSPS) is 25.5. The maximum atomic E-state index is 5.89. The molecule has 22 heavy (non-hydrogen) atoms. The van der Waals surface area contributed by atoms with Gasteiger partial charge in [0.25, 0.3) is 0 Å². The number of benzene rings is 1. The summed E-state index contributed by atoms with van der Waals surface area (Å²) in [4.78, 5) is 9.12. The Balaban J connectivity index is 1.63. The van der Waals surface area contributed by atoms with Gasteiger partial charge in [0.2, 0.25) is 0 Å². The number of rotatable bonds is 3. The van der Waals surface area contributed by atoms with Crippen LogP contribution in [0.1, 0.15) is 19.3 Å². The lowest BCUT2D eigenvalue weighted by molar-refractivity contribution is 0.00189. The first-order valence-corrected chi connectivity index (χ1v) is 7.55. The molecule has 0 radical (unpaired) electrons. The van der Waals surface area contributed by atoms with E-state index >= 15 is 0 Å². The van der Waals surface area contributed by atoms with Gasteiger partial charge in [0.05, 0.1) is 11.9 Å². The smallest absolute Gasteiger partial charge is 0.198 e. The highest BCUT2D eigenvalue weighted by atomic mass is 15.3. The predicted molar refractivity (Wildman–Crippen MR) is 84.3 cm³/mol. The minimum atomic E-state index is 0.248. The van der Waals surface area contributed by atoms with E-state index in [1.165, 1.54) is 19.3 Å². The number of hydrogen-bond acceptors (Lipinski definition) is 5. The van der Waals surface area contributed by atoms with Crippen LogP contribution in [0.4, 0.5) is 11.5 Å². The van der Waals surface area contributed by atoms with Crippen LogP contribution in [0.2, 0.25) is 0 Å². The van der Waals surface area contributed by atoms with Gasteiger partial charge in [-0.1, -0.05) is 12.1 Å². The molecule has 2 aromatic heterocycles. The van der Waals surface area contributed by atoms with Gasteiger partial charge < -0.3 is 11.1 Å². The van der Waals surface area contributed by atoms with E-state index < -0.39 is 0 Å². The third kappa shape index (κ3) is 1.63. The van der Waals surface area contributed by atoms with E-state index in [4.69, 9.17) is 10.7 Å². The molecule has 6 rings (SSSR count). The van der Waals surface area contributed by atoms with Crippen LogP contribution in [0.15, 0.2) is 36.8 Å². The van der Waals surface area contributed by atoms with Crippen LogP contribution < -0.4 is 11.1 Å². The summed E-state index contributed by atoms with van der Waals surface area (Å²) < 4.78 is 1.78. The van der Waals surface area contributed by atoms with Crippen LogP contribution in [-0.2, 0) is 0 Å². The number of nitrogens with zero attached hydrogens (tertiary/aromatic N) is 4. The summed E-state index contributed by atoms with van der Waals surface area (Å²) in [5.41, 5.74) is 9.47. The molecular formula is C16H16N6. The van der Waals surface area contributed by atoms with Crippen LogP contribution in [0, 0.1) is 5.92 Å². The summed E-state index contributed by atoms with van der Waals surface area (Å²) in [6.07, 6.45) is 7.20. The molecular weight excluding hydrogens is 276 g/mol. The van der Waals surface area contributed by atoms with Gasteiger partial charge >= 0.3 is 0 Å². The Morgan fingerprint density at radius 1 is 1.27 bits per heavy atom. The summed E-state index contributed by atoms with van der Waals surface area (Å²) in [5, 5.41) is 7.88. The molecule has 3 aromatic rings. The molecule has 0 spiro atoms. The summed E-state index contributed by atoms with van der Waals surface area (Å²) in [6, 6.07) is 7.74. The molecule has 1 aromatic carbocycles. The summed E-state index contributed by atoms with van der Waals surface area (Å²) in [5.74, 6) is 1.73. The maximum Gasteiger partial charge on any atom is 0.198 e. The predicted octanol–water partition coefficient (Wildman–Crippen LogP) is 2.34. The van der Waals surface area contributed by atoms with Crippen molar-refractivity contribution in [3.8, 4) is 11.3 Å². The van der Waals surface area contributed by atoms with Crippen molar-refractivity contribution in [1.29, 1.82) is 0 Å². The monoisotopic (exact) mass is 292 g/mol. The third-order valence-electron chi connectivity index (χ3n) is 4.87. The molecule has 0 aliphatic heterocycles. The zero-order chi connectivity index (χ0) is 14.7. The Labute approximate surface area is 127 Å². The number of nitrogens with one attached hydrogen (secondary N) is 1. The van der Waals surface area contributed by atoms with Crippen LogP contribution in [0.3, 0.4) is 0 Å². The van der Waals surface area contributed by atoms with Crippen LogP contribution in [0.5, 0.6) is 0 Å². The van der Waals surface area contributed by atoms with Crippen molar-refractivity contribution in [3.05, 3.63) is 36.8 Å². The Kier molecular flexibility index (Phi) is 2.16. The van der Waals surface area contributed by atoms with Crippen molar-refractivity contribution in [1.82, 2.24) is 19.6 Å². The van der Waals surface area contributed by atoms with Gasteiger partial charge in [0.1, 0.15) is 6.33 Å². The lowest BCUT2D eigenvalue weighted by Gasteiger charge is -2.62. The van der Waals surface area contributed by atoms with Gasteiger partial charge in [0, 0.05) is 16.8 Å². The summed E-state index contributed by atoms with van der Waals surface area (Å²) in [6.45, 7) is 0. The van der Waals surface area contributed by atoms with E-state index in [9.17, 15) is 0 Å². The Hall–Kier alpha value is -2.63. The second-order valence-corrected chi connectivity index (χ2v) is 6.51. The van der Waals surface area contributed by atoms with E-state index in [2.05, 4.69) is 15.4 Å². The first-order chi connectivity index (χ1) is 10.7. The van der Waals surface area contributed by atoms with E-state index in [-0.39, 0.29) is 5.54 Å². The second kappa shape index (κ2) is 3.97. The fourth-order valence-electron chi connectivity index (χ4n) is 3.63. The third-order valence-corrected chi connectivity index (χ3v) is 4.87. The SMILES string of the molecule is Nc1cccc(-c2cn3ncnc3c(NC34CC(C3)C4)n2)c1. The average molecular weight is 292 g/mol. The molecule has 3 aliphatic rings. The number of aromatic nitrogens is 4. The standard InChI is InChI=1S/C16H16N6/c17-12-3-1-2-11(4-12)13-8-22-15(18-9-19-22)14(20-13)21-16-5-10(6-16)7-16/h1-4,8-10H,5-7,17H2,(H,20,21). The van der Waals surface area contributed by atoms with Crippen LogP contribution in [-0.4, -0.2) is 25.1 Å². The fraction of sp³-hybridized carbons (Fsp3) is 0.312. The largest absolute Gasteiger partial charge is 0.399 e. The van der Waals surface area contributed by atoms with Gasteiger partial charge in [-0.15, -0.1) is 0 Å². The number of fused-ring (bicyclic) bond motifs is 1. The number of nitrogens with two attached hydrogens (primary N) is 1. The highest BCUT2D eigenvalue weighted by Gasteiger charge is 2.57. The van der Waals surface area contributed by atoms with E-state index in [1.54, 1.807) is 10.8 Å². The Morgan fingerprint density at radius 2 is 2.14 bits per heavy atom. The van der Waals surface area contributed by atoms with E-state index in [0.29, 0.717) is 0 Å². The molecule has 0 amide bonds. The molecule has 110 valence electrons. The van der Waals surface area contributed by atoms with Gasteiger partial charge in [-0.2, -0.15) is 5.10 Å². The summed E-state index contributed by atoms with van der Waals surface area (Å²) >= 11 is 0. The van der Waals surface area contributed by atoms with Crippen LogP contribution >= 0.6 is 0 Å². The van der Waals surface area contributed by atoms with Crippen molar-refractivity contribution in [2.75, 3.05) is 11.1 Å². The van der Waals surface area contributed by atoms with Gasteiger partial charge in [-0.25, -0.2) is 14.5 Å². The lowest BCUT2D eigenvalue weighted by Crippen LogP contribution is -2.63. The minimum Gasteiger partial charge on any atom is -0.399 e. The topological polar surface area (TPSA) is 81.1 Å². The average Bonchev–Trinajstić information content (AvgIpc) is 2.89. The minimum absolute atomic E-state index is 0.248. The second-order valence-electron chi connectivity index (χ2n) is 6.51. The first kappa shape index (κ1) is 12.0. The van der Waals surface area contributed by atoms with Gasteiger partial charge in [-0.3, -0.25) is 0 Å². The molecule has 6 nitrogen and oxygen atoms in total. The molecule has 2 bridgehead atoms. The Bertz CT molecular complexity index is 866. The molecule has 0 atom stereocenters.